The smallest absolute Gasteiger partial charge is 0.190 e. The Balaban J connectivity index is 0.00000338. The second-order valence-corrected chi connectivity index (χ2v) is 6.62. The van der Waals surface area contributed by atoms with Crippen LogP contribution in [0.4, 0.5) is 4.39 Å². The summed E-state index contributed by atoms with van der Waals surface area (Å²) in [5.41, 5.74) is 0.733. The molecule has 1 saturated heterocycles. The standard InChI is InChI=1S/C19H32FN5.HI/c1-21-19(23-11-9-17-7-3-4-8-18(17)20)22-10-5-13-25-14-6-12-24(2)15-16-25;/h3-4,7-8H,5-6,9-16H2,1-2H3,(H2,21,22,23);1H. The maximum atomic E-state index is 13.6. The minimum atomic E-state index is -0.143. The van der Waals surface area contributed by atoms with Crippen LogP contribution >= 0.6 is 24.0 Å². The van der Waals surface area contributed by atoms with Gasteiger partial charge < -0.3 is 20.4 Å². The van der Waals surface area contributed by atoms with Gasteiger partial charge in [-0.25, -0.2) is 4.39 Å². The van der Waals surface area contributed by atoms with Crippen LogP contribution in [-0.2, 0) is 6.42 Å². The van der Waals surface area contributed by atoms with Gasteiger partial charge in [0, 0.05) is 33.2 Å². The van der Waals surface area contributed by atoms with Crippen molar-refractivity contribution in [2.24, 2.45) is 4.99 Å². The second kappa shape index (κ2) is 13.3. The number of hydrogen-bond donors (Lipinski definition) is 2. The first kappa shape index (κ1) is 23.1. The predicted octanol–water partition coefficient (Wildman–Crippen LogP) is 2.18. The highest BCUT2D eigenvalue weighted by Gasteiger charge is 2.11. The van der Waals surface area contributed by atoms with Gasteiger partial charge in [-0.05, 0) is 57.6 Å². The van der Waals surface area contributed by atoms with Crippen LogP contribution in [0.2, 0.25) is 0 Å². The van der Waals surface area contributed by atoms with E-state index in [-0.39, 0.29) is 29.8 Å². The molecule has 1 fully saturated rings. The second-order valence-electron chi connectivity index (χ2n) is 6.62. The van der Waals surface area contributed by atoms with Gasteiger partial charge in [0.05, 0.1) is 0 Å². The van der Waals surface area contributed by atoms with E-state index >= 15 is 0 Å². The summed E-state index contributed by atoms with van der Waals surface area (Å²) < 4.78 is 13.6. The summed E-state index contributed by atoms with van der Waals surface area (Å²) in [6.45, 7) is 7.39. The third-order valence-corrected chi connectivity index (χ3v) is 4.62. The van der Waals surface area contributed by atoms with Gasteiger partial charge >= 0.3 is 0 Å². The van der Waals surface area contributed by atoms with Gasteiger partial charge in [-0.1, -0.05) is 18.2 Å². The van der Waals surface area contributed by atoms with E-state index in [4.69, 9.17) is 0 Å². The maximum Gasteiger partial charge on any atom is 0.190 e. The highest BCUT2D eigenvalue weighted by Crippen LogP contribution is 2.06. The minimum Gasteiger partial charge on any atom is -0.356 e. The Bertz CT molecular complexity index is 540. The molecule has 0 aromatic heterocycles. The molecule has 5 nitrogen and oxygen atoms in total. The fraction of sp³-hybridized carbons (Fsp3) is 0.632. The zero-order valence-electron chi connectivity index (χ0n) is 16.0. The summed E-state index contributed by atoms with van der Waals surface area (Å²) in [6, 6.07) is 6.91. The lowest BCUT2D eigenvalue weighted by Gasteiger charge is -2.20. The van der Waals surface area contributed by atoms with Crippen molar-refractivity contribution in [3.05, 3.63) is 35.6 Å². The number of rotatable bonds is 7. The number of halogens is 2. The average molecular weight is 477 g/mol. The lowest BCUT2D eigenvalue weighted by atomic mass is 10.1. The highest BCUT2D eigenvalue weighted by atomic mass is 127. The van der Waals surface area contributed by atoms with Crippen molar-refractivity contribution in [3.63, 3.8) is 0 Å². The average Bonchev–Trinajstić information content (AvgIpc) is 2.83. The van der Waals surface area contributed by atoms with Crippen LogP contribution in [0.25, 0.3) is 0 Å². The van der Waals surface area contributed by atoms with Crippen LogP contribution < -0.4 is 10.6 Å². The number of benzene rings is 1. The van der Waals surface area contributed by atoms with Gasteiger partial charge in [0.25, 0.3) is 0 Å². The molecule has 0 amide bonds. The Labute approximate surface area is 174 Å². The number of nitrogens with one attached hydrogen (secondary N) is 2. The third kappa shape index (κ3) is 8.64. The quantitative estimate of drug-likeness (QED) is 0.274. The van der Waals surface area contributed by atoms with Gasteiger partial charge in [0.15, 0.2) is 5.96 Å². The van der Waals surface area contributed by atoms with E-state index in [2.05, 4.69) is 32.5 Å². The van der Waals surface area contributed by atoms with Crippen LogP contribution in [0.5, 0.6) is 0 Å². The van der Waals surface area contributed by atoms with Crippen molar-refractivity contribution in [2.45, 2.75) is 19.3 Å². The molecule has 0 atom stereocenters. The molecule has 0 unspecified atom stereocenters. The molecule has 1 aromatic carbocycles. The minimum absolute atomic E-state index is 0. The molecule has 1 aliphatic heterocycles. The summed E-state index contributed by atoms with van der Waals surface area (Å²) in [4.78, 5) is 9.17. The molecule has 26 heavy (non-hydrogen) atoms. The van der Waals surface area contributed by atoms with Crippen molar-refractivity contribution in [1.82, 2.24) is 20.4 Å². The maximum absolute atomic E-state index is 13.6. The Morgan fingerprint density at radius 2 is 1.88 bits per heavy atom. The largest absolute Gasteiger partial charge is 0.356 e. The molecule has 1 aliphatic rings. The molecule has 7 heteroatoms. The summed E-state index contributed by atoms with van der Waals surface area (Å²) >= 11 is 0. The van der Waals surface area contributed by atoms with Crippen molar-refractivity contribution < 1.29 is 4.39 Å². The first-order valence-corrected chi connectivity index (χ1v) is 9.28. The van der Waals surface area contributed by atoms with E-state index in [1.807, 2.05) is 12.1 Å². The summed E-state index contributed by atoms with van der Waals surface area (Å²) in [6.07, 6.45) is 3.00. The lowest BCUT2D eigenvalue weighted by molar-refractivity contribution is 0.274. The molecular weight excluding hydrogens is 444 g/mol. The van der Waals surface area contributed by atoms with E-state index in [0.29, 0.717) is 13.0 Å². The molecular formula is C19H33FIN5. The van der Waals surface area contributed by atoms with E-state index in [1.54, 1.807) is 13.1 Å². The number of nitrogens with zero attached hydrogens (tertiary/aromatic N) is 3. The summed E-state index contributed by atoms with van der Waals surface area (Å²) in [5, 5.41) is 6.59. The Kier molecular flexibility index (Phi) is 11.8. The van der Waals surface area contributed by atoms with E-state index in [1.165, 1.54) is 25.6 Å². The van der Waals surface area contributed by atoms with E-state index < -0.39 is 0 Å². The first-order chi connectivity index (χ1) is 12.2. The fourth-order valence-corrected chi connectivity index (χ4v) is 3.07. The highest BCUT2D eigenvalue weighted by molar-refractivity contribution is 14.0. The number of aliphatic imine (C=N–C) groups is 1. The van der Waals surface area contributed by atoms with Crippen LogP contribution in [0.1, 0.15) is 18.4 Å². The van der Waals surface area contributed by atoms with Crippen molar-refractivity contribution in [1.29, 1.82) is 0 Å². The number of likely N-dealkylation sites (N-methyl/N-ethyl adjacent to an activating group) is 1. The Morgan fingerprint density at radius 3 is 2.65 bits per heavy atom. The number of guanidine groups is 1. The molecule has 0 bridgehead atoms. The summed E-state index contributed by atoms with van der Waals surface area (Å²) in [7, 11) is 3.96. The topological polar surface area (TPSA) is 42.9 Å². The fourth-order valence-electron chi connectivity index (χ4n) is 3.07. The molecule has 0 radical (unpaired) electrons. The molecule has 0 saturated carbocycles. The normalized spacial score (nSPS) is 16.7. The van der Waals surface area contributed by atoms with Gasteiger partial charge in [-0.2, -0.15) is 0 Å². The van der Waals surface area contributed by atoms with Crippen LogP contribution in [-0.4, -0.2) is 75.7 Å². The van der Waals surface area contributed by atoms with Gasteiger partial charge in [-0.3, -0.25) is 4.99 Å². The van der Waals surface area contributed by atoms with Gasteiger partial charge in [0.1, 0.15) is 5.82 Å². The molecule has 2 N–H and O–H groups in total. The van der Waals surface area contributed by atoms with Crippen LogP contribution in [0, 0.1) is 5.82 Å². The van der Waals surface area contributed by atoms with Crippen molar-refractivity contribution >= 4 is 29.9 Å². The molecule has 0 aliphatic carbocycles. The Morgan fingerprint density at radius 1 is 1.12 bits per heavy atom. The molecule has 0 spiro atoms. The van der Waals surface area contributed by atoms with Gasteiger partial charge in [0.2, 0.25) is 0 Å². The van der Waals surface area contributed by atoms with Crippen LogP contribution in [0.15, 0.2) is 29.3 Å². The van der Waals surface area contributed by atoms with Crippen molar-refractivity contribution in [3.8, 4) is 0 Å². The molecule has 2 rings (SSSR count). The third-order valence-electron chi connectivity index (χ3n) is 4.62. The van der Waals surface area contributed by atoms with E-state index in [9.17, 15) is 4.39 Å². The first-order valence-electron chi connectivity index (χ1n) is 9.28. The van der Waals surface area contributed by atoms with E-state index in [0.717, 1.165) is 44.1 Å². The monoisotopic (exact) mass is 477 g/mol. The summed E-state index contributed by atoms with van der Waals surface area (Å²) in [5.74, 6) is 0.641. The van der Waals surface area contributed by atoms with Gasteiger partial charge in [-0.15, -0.1) is 24.0 Å². The zero-order valence-corrected chi connectivity index (χ0v) is 18.3. The predicted molar refractivity (Wildman–Crippen MR) is 118 cm³/mol. The lowest BCUT2D eigenvalue weighted by Crippen LogP contribution is -2.40. The SMILES string of the molecule is CN=C(NCCCN1CCCN(C)CC1)NCCc1ccccc1F.I. The molecule has 1 aromatic rings. The number of hydrogen-bond acceptors (Lipinski definition) is 3. The Hall–Kier alpha value is -0.930. The van der Waals surface area contributed by atoms with Crippen molar-refractivity contribution in [2.75, 3.05) is 59.9 Å². The van der Waals surface area contributed by atoms with Crippen LogP contribution in [0.3, 0.4) is 0 Å². The molecule has 148 valence electrons. The zero-order chi connectivity index (χ0) is 17.9. The molecule has 1 heterocycles.